The van der Waals surface area contributed by atoms with E-state index in [-0.39, 0.29) is 18.7 Å². The maximum Gasteiger partial charge on any atom is 0.333 e. The van der Waals surface area contributed by atoms with E-state index in [9.17, 15) is 24.5 Å². The van der Waals surface area contributed by atoms with Crippen molar-refractivity contribution in [3.63, 3.8) is 0 Å². The second kappa shape index (κ2) is 9.02. The monoisotopic (exact) mass is 491 g/mol. The first kappa shape index (κ1) is 23.9. The second-order valence-electron chi connectivity index (χ2n) is 9.75. The van der Waals surface area contributed by atoms with Gasteiger partial charge in [-0.25, -0.2) is 4.79 Å². The molecule has 0 radical (unpaired) electrons. The summed E-state index contributed by atoms with van der Waals surface area (Å²) in [6.45, 7) is 4.45. The van der Waals surface area contributed by atoms with E-state index in [2.05, 4.69) is 4.90 Å². The number of hydrogen-bond donors (Lipinski definition) is 0. The molecule has 0 bridgehead atoms. The lowest BCUT2D eigenvalue weighted by molar-refractivity contribution is -0.384. The third kappa shape index (κ3) is 3.63. The highest BCUT2D eigenvalue weighted by Gasteiger charge is 2.64. The van der Waals surface area contributed by atoms with Crippen LogP contribution in [0.3, 0.4) is 0 Å². The van der Waals surface area contributed by atoms with Gasteiger partial charge in [-0.05, 0) is 23.6 Å². The molecule has 188 valence electrons. The summed E-state index contributed by atoms with van der Waals surface area (Å²) in [4.78, 5) is 58.4. The van der Waals surface area contributed by atoms with Crippen molar-refractivity contribution >= 4 is 29.2 Å². The molecule has 3 heterocycles. The highest BCUT2D eigenvalue weighted by atomic mass is 16.6. The zero-order valence-corrected chi connectivity index (χ0v) is 20.4. The molecule has 3 aliphatic heterocycles. The van der Waals surface area contributed by atoms with Gasteiger partial charge in [0, 0.05) is 64.0 Å². The van der Waals surface area contributed by atoms with Gasteiger partial charge in [-0.1, -0.05) is 37.3 Å². The van der Waals surface area contributed by atoms with E-state index in [4.69, 9.17) is 0 Å². The first-order valence-electron chi connectivity index (χ1n) is 12.2. The van der Waals surface area contributed by atoms with Crippen molar-refractivity contribution < 1.29 is 19.3 Å². The molecule has 0 saturated carbocycles. The fourth-order valence-electron chi connectivity index (χ4n) is 5.90. The summed E-state index contributed by atoms with van der Waals surface area (Å²) >= 11 is 0. The smallest absolute Gasteiger partial charge is 0.333 e. The van der Waals surface area contributed by atoms with E-state index in [1.807, 2.05) is 42.2 Å². The molecule has 0 unspecified atom stereocenters. The van der Waals surface area contributed by atoms with Crippen LogP contribution in [0.4, 0.5) is 16.2 Å². The lowest BCUT2D eigenvalue weighted by Crippen LogP contribution is -2.75. The van der Waals surface area contributed by atoms with Gasteiger partial charge in [0.15, 0.2) is 5.41 Å². The van der Waals surface area contributed by atoms with Gasteiger partial charge in [0.05, 0.1) is 11.0 Å². The molecule has 10 heteroatoms. The minimum atomic E-state index is -1.55. The number of rotatable bonds is 5. The molecule has 2 saturated heterocycles. The maximum atomic E-state index is 14.1. The van der Waals surface area contributed by atoms with Crippen LogP contribution in [0.1, 0.15) is 24.5 Å². The Morgan fingerprint density at radius 3 is 2.50 bits per heavy atom. The van der Waals surface area contributed by atoms with Gasteiger partial charge in [0.2, 0.25) is 11.8 Å². The third-order valence-electron chi connectivity index (χ3n) is 7.61. The molecule has 2 aromatic rings. The van der Waals surface area contributed by atoms with Gasteiger partial charge in [-0.2, -0.15) is 0 Å². The number of fused-ring (bicyclic) bond motifs is 4. The summed E-state index contributed by atoms with van der Waals surface area (Å²) in [5.74, 6) is -1.05. The van der Waals surface area contributed by atoms with E-state index in [1.54, 1.807) is 6.07 Å². The van der Waals surface area contributed by atoms with Crippen molar-refractivity contribution in [2.45, 2.75) is 32.4 Å². The number of benzene rings is 2. The number of non-ortho nitro benzene ring substituents is 1. The molecule has 3 aliphatic rings. The van der Waals surface area contributed by atoms with Crippen molar-refractivity contribution in [1.82, 2.24) is 14.7 Å². The summed E-state index contributed by atoms with van der Waals surface area (Å²) in [5, 5.41) is 11.5. The number of piperazine rings is 1. The molecule has 10 nitrogen and oxygen atoms in total. The third-order valence-corrected chi connectivity index (χ3v) is 7.61. The van der Waals surface area contributed by atoms with Crippen molar-refractivity contribution in [3.8, 4) is 0 Å². The van der Waals surface area contributed by atoms with Crippen molar-refractivity contribution in [1.29, 1.82) is 0 Å². The van der Waals surface area contributed by atoms with Crippen LogP contribution in [0.25, 0.3) is 0 Å². The summed E-state index contributed by atoms with van der Waals surface area (Å²) in [6, 6.07) is 13.5. The lowest BCUT2D eigenvalue weighted by atomic mass is 9.67. The Morgan fingerprint density at radius 1 is 1.06 bits per heavy atom. The number of carbonyl (C=O) groups excluding carboxylic acids is 3. The average molecular weight is 492 g/mol. The van der Waals surface area contributed by atoms with E-state index >= 15 is 0 Å². The van der Waals surface area contributed by atoms with E-state index in [1.165, 1.54) is 24.1 Å². The zero-order valence-electron chi connectivity index (χ0n) is 20.4. The van der Waals surface area contributed by atoms with Crippen LogP contribution < -0.4 is 4.90 Å². The van der Waals surface area contributed by atoms with E-state index in [0.717, 1.165) is 16.2 Å². The number of urea groups is 1. The largest absolute Gasteiger partial charge is 0.364 e. The summed E-state index contributed by atoms with van der Waals surface area (Å²) < 4.78 is 0. The van der Waals surface area contributed by atoms with Crippen molar-refractivity contribution in [2.75, 3.05) is 38.1 Å². The number of nitrogens with zero attached hydrogens (tertiary/aromatic N) is 5. The van der Waals surface area contributed by atoms with Crippen LogP contribution in [0, 0.1) is 15.5 Å². The number of barbiturate groups is 1. The predicted octanol–water partition coefficient (Wildman–Crippen LogP) is 2.66. The Bertz CT molecular complexity index is 1230. The number of carbonyl (C=O) groups is 3. The number of nitro benzene ring substituents is 1. The molecule has 5 rings (SSSR count). The average Bonchev–Trinajstić information content (AvgIpc) is 2.89. The molecule has 0 N–H and O–H groups in total. The SMILES string of the molecule is CCCN1C(=O)N(C)C(=O)[C@@]2(Cc3cc([N+](=O)[O-])ccc3N3CCN(Cc4ccccc4)C[C@@H]32)C1=O. The Kier molecular flexibility index (Phi) is 5.99. The fourth-order valence-corrected chi connectivity index (χ4v) is 5.90. The van der Waals surface area contributed by atoms with Crippen molar-refractivity contribution in [2.24, 2.45) is 5.41 Å². The first-order valence-corrected chi connectivity index (χ1v) is 12.2. The van der Waals surface area contributed by atoms with Crippen LogP contribution in [-0.4, -0.2) is 76.7 Å². The number of nitro groups is 1. The molecule has 4 amide bonds. The number of anilines is 1. The molecular weight excluding hydrogens is 462 g/mol. The normalized spacial score (nSPS) is 24.2. The Labute approximate surface area is 209 Å². The molecular formula is C26H29N5O5. The molecule has 36 heavy (non-hydrogen) atoms. The lowest BCUT2D eigenvalue weighted by Gasteiger charge is -2.56. The topological polar surface area (TPSA) is 107 Å². The maximum absolute atomic E-state index is 14.1. The zero-order chi connectivity index (χ0) is 25.6. The molecule has 2 atom stereocenters. The number of hydrogen-bond acceptors (Lipinski definition) is 7. The summed E-state index contributed by atoms with van der Waals surface area (Å²) in [7, 11) is 1.42. The van der Waals surface area contributed by atoms with Gasteiger partial charge in [0.1, 0.15) is 0 Å². The minimum Gasteiger partial charge on any atom is -0.364 e. The van der Waals surface area contributed by atoms with Crippen LogP contribution in [0.15, 0.2) is 48.5 Å². The minimum absolute atomic E-state index is 0.0137. The second-order valence-corrected chi connectivity index (χ2v) is 9.75. The molecule has 2 fully saturated rings. The van der Waals surface area contributed by atoms with Crippen molar-refractivity contribution in [3.05, 3.63) is 69.8 Å². The summed E-state index contributed by atoms with van der Waals surface area (Å²) in [5.41, 5.74) is 0.884. The van der Waals surface area contributed by atoms with Crippen LogP contribution in [-0.2, 0) is 22.6 Å². The Balaban J connectivity index is 1.61. The predicted molar refractivity (Wildman–Crippen MR) is 132 cm³/mol. The van der Waals surface area contributed by atoms with Gasteiger partial charge in [-0.3, -0.25) is 34.4 Å². The summed E-state index contributed by atoms with van der Waals surface area (Å²) in [6.07, 6.45) is 0.575. The van der Waals surface area contributed by atoms with Crippen LogP contribution >= 0.6 is 0 Å². The van der Waals surface area contributed by atoms with Crippen LogP contribution in [0.5, 0.6) is 0 Å². The first-order chi connectivity index (χ1) is 17.3. The Hall–Kier alpha value is -3.79. The van der Waals surface area contributed by atoms with Gasteiger partial charge < -0.3 is 4.90 Å². The molecule has 0 aliphatic carbocycles. The Morgan fingerprint density at radius 2 is 1.81 bits per heavy atom. The highest BCUT2D eigenvalue weighted by Crippen LogP contribution is 2.47. The molecule has 0 aromatic heterocycles. The van der Waals surface area contributed by atoms with Gasteiger partial charge in [0.25, 0.3) is 5.69 Å². The van der Waals surface area contributed by atoms with E-state index in [0.29, 0.717) is 38.2 Å². The quantitative estimate of drug-likeness (QED) is 0.360. The van der Waals surface area contributed by atoms with Gasteiger partial charge in [-0.15, -0.1) is 0 Å². The van der Waals surface area contributed by atoms with E-state index < -0.39 is 34.2 Å². The van der Waals surface area contributed by atoms with Crippen LogP contribution in [0.2, 0.25) is 0 Å². The highest BCUT2D eigenvalue weighted by molar-refractivity contribution is 6.20. The number of amides is 4. The standard InChI is InChI=1S/C26H29N5O5/c1-3-11-30-24(33)26(23(32)27(2)25(30)34)15-19-14-20(31(35)36)9-10-21(19)29-13-12-28(17-22(26)29)16-18-7-5-4-6-8-18/h4-10,14,22H,3,11-13,15-17H2,1-2H3/t22-,26+/m1/s1. The number of imide groups is 2. The fraction of sp³-hybridized carbons (Fsp3) is 0.423. The molecule has 1 spiro atoms. The molecule has 2 aromatic carbocycles. The van der Waals surface area contributed by atoms with Gasteiger partial charge >= 0.3 is 6.03 Å².